The normalized spacial score (nSPS) is 16.2. The second kappa shape index (κ2) is 8.88. The van der Waals surface area contributed by atoms with Gasteiger partial charge < -0.3 is 9.73 Å². The second-order valence-electron chi connectivity index (χ2n) is 6.18. The summed E-state index contributed by atoms with van der Waals surface area (Å²) in [4.78, 5) is 27.5. The molecule has 1 aliphatic heterocycles. The number of rotatable bonds is 4. The lowest BCUT2D eigenvalue weighted by Gasteiger charge is -2.01. The Bertz CT molecular complexity index is 1290. The van der Waals surface area contributed by atoms with Gasteiger partial charge in [0.05, 0.1) is 25.6 Å². The maximum atomic E-state index is 12.3. The first kappa shape index (κ1) is 21.6. The van der Waals surface area contributed by atoms with E-state index < -0.39 is 4.92 Å². The summed E-state index contributed by atoms with van der Waals surface area (Å²) in [7, 11) is 0. The van der Waals surface area contributed by atoms with Crippen molar-refractivity contribution in [1.82, 2.24) is 5.32 Å². The molecule has 4 rings (SSSR count). The molecule has 0 unspecified atom stereocenters. The summed E-state index contributed by atoms with van der Waals surface area (Å²) in [6, 6.07) is 12.9. The molecular weight excluding hydrogens is 529 g/mol. The Kier molecular flexibility index (Phi) is 6.19. The summed E-state index contributed by atoms with van der Waals surface area (Å²) in [5.41, 5.74) is 1.06. The number of carbonyl (C=O) groups excluding carboxylic acids is 1. The molecule has 0 bridgehead atoms. The molecule has 7 nitrogen and oxygen atoms in total. The van der Waals surface area contributed by atoms with Crippen molar-refractivity contribution in [3.63, 3.8) is 0 Å². The summed E-state index contributed by atoms with van der Waals surface area (Å²) in [6.45, 7) is 0. The van der Waals surface area contributed by atoms with Crippen molar-refractivity contribution < 1.29 is 14.1 Å². The number of thioether (sulfide) groups is 1. The van der Waals surface area contributed by atoms with Gasteiger partial charge in [-0.15, -0.1) is 0 Å². The Morgan fingerprint density at radius 3 is 2.74 bits per heavy atom. The van der Waals surface area contributed by atoms with Crippen LogP contribution in [0.2, 0.25) is 10.0 Å². The summed E-state index contributed by atoms with van der Waals surface area (Å²) >= 11 is 16.6. The van der Waals surface area contributed by atoms with Gasteiger partial charge in [-0.2, -0.15) is 0 Å². The molecule has 0 atom stereocenters. The number of nitrogens with one attached hydrogen (secondary N) is 1. The number of benzene rings is 2. The van der Waals surface area contributed by atoms with E-state index in [1.807, 2.05) is 0 Å². The van der Waals surface area contributed by atoms with Crippen LogP contribution in [0.4, 0.5) is 11.4 Å². The van der Waals surface area contributed by atoms with E-state index in [1.165, 1.54) is 12.1 Å². The molecule has 31 heavy (non-hydrogen) atoms. The van der Waals surface area contributed by atoms with Crippen molar-refractivity contribution in [2.45, 2.75) is 0 Å². The van der Waals surface area contributed by atoms with E-state index in [0.717, 1.165) is 11.8 Å². The molecule has 156 valence electrons. The molecule has 0 radical (unpaired) electrons. The first-order valence-electron chi connectivity index (χ1n) is 8.59. The van der Waals surface area contributed by atoms with E-state index in [4.69, 9.17) is 27.6 Å². The third-order valence-electron chi connectivity index (χ3n) is 4.13. The van der Waals surface area contributed by atoms with E-state index >= 15 is 0 Å². The number of aliphatic imine (C=N–C) groups is 1. The molecule has 0 saturated carbocycles. The predicted octanol–water partition coefficient (Wildman–Crippen LogP) is 6.82. The highest BCUT2D eigenvalue weighted by molar-refractivity contribution is 9.10. The highest BCUT2D eigenvalue weighted by atomic mass is 79.9. The zero-order chi connectivity index (χ0) is 22.1. The van der Waals surface area contributed by atoms with Crippen molar-refractivity contribution in [3.05, 3.63) is 83.8 Å². The van der Waals surface area contributed by atoms with Crippen molar-refractivity contribution in [3.8, 4) is 11.3 Å². The van der Waals surface area contributed by atoms with Crippen LogP contribution in [-0.4, -0.2) is 16.0 Å². The molecule has 2 heterocycles. The van der Waals surface area contributed by atoms with E-state index in [2.05, 4.69) is 26.2 Å². The zero-order valence-electron chi connectivity index (χ0n) is 15.3. The SMILES string of the molecule is O=C1NC(=Nc2cccc(Cl)c2Cl)S/C1=C/c1ccc(-c2ccc([N+](=O)[O-])cc2Br)o1. The third-order valence-corrected chi connectivity index (χ3v) is 6.51. The third kappa shape index (κ3) is 4.69. The van der Waals surface area contributed by atoms with Crippen molar-refractivity contribution in [2.24, 2.45) is 4.99 Å². The fraction of sp³-hybridized carbons (Fsp3) is 0. The van der Waals surface area contributed by atoms with Gasteiger partial charge >= 0.3 is 0 Å². The largest absolute Gasteiger partial charge is 0.457 e. The molecule has 0 spiro atoms. The van der Waals surface area contributed by atoms with Crippen LogP contribution in [0.25, 0.3) is 17.4 Å². The van der Waals surface area contributed by atoms with Crippen LogP contribution in [0.3, 0.4) is 0 Å². The van der Waals surface area contributed by atoms with E-state index in [0.29, 0.717) is 47.4 Å². The Hall–Kier alpha value is -2.59. The number of nitro groups is 1. The van der Waals surface area contributed by atoms with Gasteiger partial charge in [0.25, 0.3) is 11.6 Å². The molecule has 11 heteroatoms. The lowest BCUT2D eigenvalue weighted by molar-refractivity contribution is -0.384. The van der Waals surface area contributed by atoms with Crippen LogP contribution >= 0.6 is 50.9 Å². The first-order chi connectivity index (χ1) is 14.8. The minimum atomic E-state index is -0.474. The predicted molar refractivity (Wildman–Crippen MR) is 126 cm³/mol. The number of nitrogens with zero attached hydrogens (tertiary/aromatic N) is 2. The molecule has 1 amide bonds. The van der Waals surface area contributed by atoms with E-state index in [1.54, 1.807) is 42.5 Å². The minimum absolute atomic E-state index is 0.0322. The summed E-state index contributed by atoms with van der Waals surface area (Å²) in [5.74, 6) is 0.618. The Morgan fingerprint density at radius 1 is 1.19 bits per heavy atom. The number of carbonyl (C=O) groups is 1. The fourth-order valence-electron chi connectivity index (χ4n) is 2.69. The Labute approximate surface area is 198 Å². The van der Waals surface area contributed by atoms with Gasteiger partial charge in [0.15, 0.2) is 5.17 Å². The van der Waals surface area contributed by atoms with Gasteiger partial charge in [0.1, 0.15) is 11.5 Å². The van der Waals surface area contributed by atoms with Gasteiger partial charge in [-0.3, -0.25) is 14.9 Å². The van der Waals surface area contributed by atoms with Crippen molar-refractivity contribution in [1.29, 1.82) is 0 Å². The quantitative estimate of drug-likeness (QED) is 0.223. The molecule has 1 N–H and O–H groups in total. The van der Waals surface area contributed by atoms with Crippen LogP contribution in [0.5, 0.6) is 0 Å². The van der Waals surface area contributed by atoms with Gasteiger partial charge in [-0.25, -0.2) is 4.99 Å². The molecule has 2 aromatic carbocycles. The van der Waals surface area contributed by atoms with Crippen LogP contribution in [0.15, 0.2) is 67.3 Å². The van der Waals surface area contributed by atoms with Gasteiger partial charge in [0.2, 0.25) is 0 Å². The molecular formula is C20H10BrCl2N3O4S. The smallest absolute Gasteiger partial charge is 0.270 e. The first-order valence-corrected chi connectivity index (χ1v) is 11.0. The standard InChI is InChI=1S/C20H10BrCl2N3O4S/c21-13-8-10(26(28)29)4-6-12(13)16-7-5-11(30-16)9-17-19(27)25-20(31-17)24-15-3-1-2-14(22)18(15)23/h1-9H,(H,24,25,27)/b17-9+. The number of non-ortho nitro benzene ring substituents is 1. The maximum absolute atomic E-state index is 12.3. The van der Waals surface area contributed by atoms with Crippen molar-refractivity contribution in [2.75, 3.05) is 0 Å². The number of halogens is 3. The minimum Gasteiger partial charge on any atom is -0.457 e. The summed E-state index contributed by atoms with van der Waals surface area (Å²) in [6.07, 6.45) is 1.59. The average molecular weight is 539 g/mol. The van der Waals surface area contributed by atoms with Gasteiger partial charge in [-0.1, -0.05) is 29.3 Å². The number of hydrogen-bond acceptors (Lipinski definition) is 6. The number of furan rings is 1. The van der Waals surface area contributed by atoms with Gasteiger partial charge in [-0.05, 0) is 58.0 Å². The highest BCUT2D eigenvalue weighted by Crippen LogP contribution is 2.36. The topological polar surface area (TPSA) is 97.7 Å². The van der Waals surface area contributed by atoms with Crippen LogP contribution in [-0.2, 0) is 4.79 Å². The number of hydrogen-bond donors (Lipinski definition) is 1. The lowest BCUT2D eigenvalue weighted by Crippen LogP contribution is -2.19. The monoisotopic (exact) mass is 537 g/mol. The maximum Gasteiger partial charge on any atom is 0.270 e. The molecule has 1 aromatic heterocycles. The molecule has 1 fully saturated rings. The molecule has 1 saturated heterocycles. The summed E-state index contributed by atoms with van der Waals surface area (Å²) in [5, 5.41) is 14.6. The Morgan fingerprint density at radius 2 is 2.00 bits per heavy atom. The number of nitro benzene ring substituents is 1. The van der Waals surface area contributed by atoms with Crippen LogP contribution in [0, 0.1) is 10.1 Å². The molecule has 1 aliphatic rings. The van der Waals surface area contributed by atoms with E-state index in [-0.39, 0.29) is 11.6 Å². The van der Waals surface area contributed by atoms with Crippen molar-refractivity contribution >= 4 is 79.4 Å². The van der Waals surface area contributed by atoms with Gasteiger partial charge in [0, 0.05) is 28.2 Å². The second-order valence-corrected chi connectivity index (χ2v) is 8.85. The molecule has 3 aromatic rings. The van der Waals surface area contributed by atoms with Crippen LogP contribution < -0.4 is 5.32 Å². The number of amides is 1. The summed E-state index contributed by atoms with van der Waals surface area (Å²) < 4.78 is 6.33. The van der Waals surface area contributed by atoms with Crippen LogP contribution in [0.1, 0.15) is 5.76 Å². The molecule has 0 aliphatic carbocycles. The zero-order valence-corrected chi connectivity index (χ0v) is 19.2. The Balaban J connectivity index is 1.57. The van der Waals surface area contributed by atoms with E-state index in [9.17, 15) is 14.9 Å². The average Bonchev–Trinajstić information content (AvgIpc) is 3.32. The fourth-order valence-corrected chi connectivity index (χ4v) is 4.41. The number of amidine groups is 1. The lowest BCUT2D eigenvalue weighted by atomic mass is 10.1. The highest BCUT2D eigenvalue weighted by Gasteiger charge is 2.25.